The van der Waals surface area contributed by atoms with E-state index in [9.17, 15) is 13.2 Å². The van der Waals surface area contributed by atoms with Crippen LogP contribution in [0.3, 0.4) is 0 Å². The molecule has 2 saturated heterocycles. The summed E-state index contributed by atoms with van der Waals surface area (Å²) in [6.45, 7) is 4.14. The average Bonchev–Trinajstić information content (AvgIpc) is 3.30. The van der Waals surface area contributed by atoms with Crippen LogP contribution in [0, 0.1) is 13.8 Å². The van der Waals surface area contributed by atoms with E-state index in [1.807, 2.05) is 0 Å². The van der Waals surface area contributed by atoms with Crippen molar-refractivity contribution in [1.82, 2.24) is 19.3 Å². The number of sulfonamides is 1. The Bertz CT molecular complexity index is 921. The van der Waals surface area contributed by atoms with Crippen molar-refractivity contribution in [2.24, 2.45) is 0 Å². The monoisotopic (exact) mass is 376 g/mol. The summed E-state index contributed by atoms with van der Waals surface area (Å²) >= 11 is 0. The number of pyridine rings is 1. The number of aromatic nitrogens is 2. The van der Waals surface area contributed by atoms with Gasteiger partial charge in [-0.3, -0.25) is 9.78 Å². The van der Waals surface area contributed by atoms with E-state index in [0.717, 1.165) is 0 Å². The van der Waals surface area contributed by atoms with Crippen molar-refractivity contribution in [3.63, 3.8) is 0 Å². The summed E-state index contributed by atoms with van der Waals surface area (Å²) in [5, 5.41) is 3.77. The predicted molar refractivity (Wildman–Crippen MR) is 92.0 cm³/mol. The van der Waals surface area contributed by atoms with E-state index in [1.165, 1.54) is 4.31 Å². The Morgan fingerprint density at radius 3 is 2.62 bits per heavy atom. The quantitative estimate of drug-likeness (QED) is 0.803. The number of fused-ring (bicyclic) bond motifs is 1. The van der Waals surface area contributed by atoms with Gasteiger partial charge in [0.25, 0.3) is 5.91 Å². The first-order valence-electron chi connectivity index (χ1n) is 8.58. The Morgan fingerprint density at radius 2 is 1.96 bits per heavy atom. The van der Waals surface area contributed by atoms with Gasteiger partial charge in [0.1, 0.15) is 16.3 Å². The summed E-state index contributed by atoms with van der Waals surface area (Å²) in [6, 6.07) is 4.87. The second-order valence-electron chi connectivity index (χ2n) is 6.69. The maximum atomic E-state index is 13.1. The van der Waals surface area contributed by atoms with E-state index in [2.05, 4.69) is 10.1 Å². The first-order chi connectivity index (χ1) is 12.4. The zero-order chi connectivity index (χ0) is 18.5. The van der Waals surface area contributed by atoms with Crippen molar-refractivity contribution in [3.8, 4) is 0 Å². The van der Waals surface area contributed by atoms with Crippen LogP contribution in [0.25, 0.3) is 0 Å². The van der Waals surface area contributed by atoms with Crippen LogP contribution in [0.4, 0.5) is 0 Å². The smallest absolute Gasteiger partial charge is 0.272 e. The van der Waals surface area contributed by atoms with Crippen LogP contribution in [-0.2, 0) is 10.0 Å². The standard InChI is InChI=1S/C17H20N4O4S/c1-11-16(12(2)25-19-11)26(23,24)21-10-7-14-15(21)6-9-20(14)17(22)13-5-3-4-8-18-13/h3-5,8,14-15H,6-7,9-10H2,1-2H3/t14-,15-/m0/s1. The van der Waals surface area contributed by atoms with Crippen LogP contribution in [0.5, 0.6) is 0 Å². The number of hydrogen-bond donors (Lipinski definition) is 0. The first kappa shape index (κ1) is 17.2. The minimum atomic E-state index is -3.70. The maximum absolute atomic E-state index is 13.1. The summed E-state index contributed by atoms with van der Waals surface area (Å²) in [6.07, 6.45) is 2.82. The van der Waals surface area contributed by atoms with Crippen LogP contribution < -0.4 is 0 Å². The van der Waals surface area contributed by atoms with Crippen molar-refractivity contribution in [1.29, 1.82) is 0 Å². The van der Waals surface area contributed by atoms with E-state index < -0.39 is 10.0 Å². The third-order valence-electron chi connectivity index (χ3n) is 5.20. The van der Waals surface area contributed by atoms with Crippen LogP contribution in [0.1, 0.15) is 34.8 Å². The number of rotatable bonds is 3. The van der Waals surface area contributed by atoms with Gasteiger partial charge < -0.3 is 9.42 Å². The molecule has 4 rings (SSSR count). The van der Waals surface area contributed by atoms with Gasteiger partial charge >= 0.3 is 0 Å². The summed E-state index contributed by atoms with van der Waals surface area (Å²) in [4.78, 5) is 18.8. The molecule has 138 valence electrons. The molecule has 2 atom stereocenters. The molecule has 2 fully saturated rings. The minimum absolute atomic E-state index is 0.125. The van der Waals surface area contributed by atoms with Crippen LogP contribution >= 0.6 is 0 Å². The lowest BCUT2D eigenvalue weighted by Crippen LogP contribution is -2.41. The highest BCUT2D eigenvalue weighted by Gasteiger charge is 2.50. The highest BCUT2D eigenvalue weighted by molar-refractivity contribution is 7.89. The van der Waals surface area contributed by atoms with Gasteiger partial charge in [-0.25, -0.2) is 8.42 Å². The number of hydrogen-bond acceptors (Lipinski definition) is 6. The molecule has 2 aromatic heterocycles. The van der Waals surface area contributed by atoms with Gasteiger partial charge in [0, 0.05) is 25.3 Å². The SMILES string of the molecule is Cc1noc(C)c1S(=O)(=O)N1CC[C@H]2[C@@H]1CCN2C(=O)c1ccccn1. The lowest BCUT2D eigenvalue weighted by Gasteiger charge is -2.25. The van der Waals surface area contributed by atoms with Crippen molar-refractivity contribution in [2.75, 3.05) is 13.1 Å². The van der Waals surface area contributed by atoms with Gasteiger partial charge in [0.2, 0.25) is 10.0 Å². The molecule has 9 heteroatoms. The summed E-state index contributed by atoms with van der Waals surface area (Å²) in [7, 11) is -3.70. The molecule has 8 nitrogen and oxygen atoms in total. The zero-order valence-electron chi connectivity index (χ0n) is 14.6. The lowest BCUT2D eigenvalue weighted by atomic mass is 10.1. The van der Waals surface area contributed by atoms with Gasteiger partial charge in [-0.2, -0.15) is 4.31 Å². The Kier molecular flexibility index (Phi) is 4.07. The number of amides is 1. The number of likely N-dealkylation sites (tertiary alicyclic amines) is 1. The molecule has 1 amide bonds. The molecule has 2 aliphatic heterocycles. The highest BCUT2D eigenvalue weighted by Crippen LogP contribution is 2.37. The number of carbonyl (C=O) groups excluding carboxylic acids is 1. The van der Waals surface area contributed by atoms with Crippen molar-refractivity contribution in [2.45, 2.75) is 43.7 Å². The normalized spacial score (nSPS) is 23.4. The summed E-state index contributed by atoms with van der Waals surface area (Å²) in [5.41, 5.74) is 0.755. The first-order valence-corrected chi connectivity index (χ1v) is 10.0. The summed E-state index contributed by atoms with van der Waals surface area (Å²) < 4.78 is 32.8. The van der Waals surface area contributed by atoms with Crippen molar-refractivity contribution >= 4 is 15.9 Å². The number of carbonyl (C=O) groups is 1. The molecule has 0 N–H and O–H groups in total. The van der Waals surface area contributed by atoms with Crippen molar-refractivity contribution < 1.29 is 17.7 Å². The van der Waals surface area contributed by atoms with Gasteiger partial charge in [-0.15, -0.1) is 0 Å². The molecule has 0 aliphatic carbocycles. The highest BCUT2D eigenvalue weighted by atomic mass is 32.2. The Labute approximate surface area is 151 Å². The molecular weight excluding hydrogens is 356 g/mol. The summed E-state index contributed by atoms with van der Waals surface area (Å²) in [5.74, 6) is 0.153. The molecular formula is C17H20N4O4S. The second kappa shape index (κ2) is 6.17. The molecule has 0 bridgehead atoms. The maximum Gasteiger partial charge on any atom is 0.272 e. The fourth-order valence-corrected chi connectivity index (χ4v) is 6.09. The molecule has 26 heavy (non-hydrogen) atoms. The predicted octanol–water partition coefficient (Wildman–Crippen LogP) is 1.36. The van der Waals surface area contributed by atoms with Crippen LogP contribution in [-0.4, -0.2) is 58.8 Å². The largest absolute Gasteiger partial charge is 0.360 e. The lowest BCUT2D eigenvalue weighted by molar-refractivity contribution is 0.0729. The third kappa shape index (κ3) is 2.53. The second-order valence-corrected chi connectivity index (χ2v) is 8.52. The fourth-order valence-electron chi connectivity index (χ4n) is 4.09. The number of nitrogens with zero attached hydrogens (tertiary/aromatic N) is 4. The van der Waals surface area contributed by atoms with Gasteiger partial charge in [0.15, 0.2) is 5.76 Å². The Hall–Kier alpha value is -2.26. The molecule has 2 aromatic rings. The zero-order valence-corrected chi connectivity index (χ0v) is 15.4. The molecule has 0 spiro atoms. The molecule has 2 aliphatic rings. The third-order valence-corrected chi connectivity index (χ3v) is 7.37. The van der Waals surface area contributed by atoms with Gasteiger partial charge in [0.05, 0.1) is 6.04 Å². The topological polar surface area (TPSA) is 96.6 Å². The minimum Gasteiger partial charge on any atom is -0.360 e. The molecule has 0 aromatic carbocycles. The molecule has 0 unspecified atom stereocenters. The Balaban J connectivity index is 1.60. The van der Waals surface area contributed by atoms with Crippen LogP contribution in [0.2, 0.25) is 0 Å². The Morgan fingerprint density at radius 1 is 1.19 bits per heavy atom. The molecule has 0 saturated carbocycles. The van der Waals surface area contributed by atoms with E-state index >= 15 is 0 Å². The van der Waals surface area contributed by atoms with E-state index in [1.54, 1.807) is 43.1 Å². The number of aryl methyl sites for hydroxylation is 2. The van der Waals surface area contributed by atoms with Crippen LogP contribution in [0.15, 0.2) is 33.8 Å². The molecule has 0 radical (unpaired) electrons. The molecule has 4 heterocycles. The van der Waals surface area contributed by atoms with Gasteiger partial charge in [-0.05, 0) is 38.8 Å². The van der Waals surface area contributed by atoms with Crippen molar-refractivity contribution in [3.05, 3.63) is 41.5 Å². The van der Waals surface area contributed by atoms with E-state index in [-0.39, 0.29) is 22.9 Å². The van der Waals surface area contributed by atoms with Gasteiger partial charge in [-0.1, -0.05) is 11.2 Å². The van der Waals surface area contributed by atoms with E-state index in [0.29, 0.717) is 43.1 Å². The fraction of sp³-hybridized carbons (Fsp3) is 0.471. The van der Waals surface area contributed by atoms with E-state index in [4.69, 9.17) is 4.52 Å². The average molecular weight is 376 g/mol.